The van der Waals surface area contributed by atoms with Gasteiger partial charge in [-0.2, -0.15) is 0 Å². The Labute approximate surface area is 344 Å². The smallest absolute Gasteiger partial charge is 0.202 e. The highest BCUT2D eigenvalue weighted by molar-refractivity contribution is 8.13. The third-order valence-corrected chi connectivity index (χ3v) is 28.9. The Morgan fingerprint density at radius 1 is 0.593 bits per heavy atom. The first-order valence-electron chi connectivity index (χ1n) is 20.5. The van der Waals surface area contributed by atoms with Gasteiger partial charge in [0.2, 0.25) is 5.12 Å². The van der Waals surface area contributed by atoms with E-state index in [1.165, 1.54) is 11.8 Å². The van der Waals surface area contributed by atoms with Crippen LogP contribution in [0.3, 0.4) is 0 Å². The van der Waals surface area contributed by atoms with E-state index in [1.54, 1.807) is 0 Å². The molecule has 0 radical (unpaired) electrons. The molecule has 0 aromatic carbocycles. The van der Waals surface area contributed by atoms with Gasteiger partial charge in [-0.3, -0.25) is 10.1 Å². The van der Waals surface area contributed by atoms with Gasteiger partial charge in [0.15, 0.2) is 33.4 Å². The van der Waals surface area contributed by atoms with E-state index in [1.807, 2.05) is 0 Å². The number of hydrogen-bond donors (Lipinski definition) is 1. The Hall–Kier alpha value is 0.781. The Kier molecular flexibility index (Phi) is 22.7. The van der Waals surface area contributed by atoms with Crippen molar-refractivity contribution in [3.63, 3.8) is 0 Å². The van der Waals surface area contributed by atoms with Crippen LogP contribution < -0.4 is 5.32 Å². The van der Waals surface area contributed by atoms with Crippen LogP contribution in [0.4, 0.5) is 0 Å². The highest BCUT2D eigenvalue weighted by Crippen LogP contribution is 2.50. The number of nitrogens with one attached hydrogen (secondary N) is 1. The average molecular weight is 856 g/mol. The standard InChI is InChI=1S/C40H90N3O6PSSi3/c1-32(2)42(33(3)4)50(43(34(5)6)35(7)8)46-25-24-45-26-27-51-36(44)28-41-40(29-47-52(18,19)37(9,10)11,30-48-53(20,21)38(12,13)14)31-49-54(22,23)39(15,16)17/h32-35,41H,24-31H2,1-23H3. The normalized spacial score (nSPS) is 14.7. The summed E-state index contributed by atoms with van der Waals surface area (Å²) in [4.78, 5) is 13.5. The van der Waals surface area contributed by atoms with Crippen LogP contribution in [0.1, 0.15) is 118 Å². The third-order valence-electron chi connectivity index (χ3n) is 11.6. The molecule has 0 spiro atoms. The molecule has 0 unspecified atom stereocenters. The highest BCUT2D eigenvalue weighted by atomic mass is 32.2. The Balaban J connectivity index is 5.85. The van der Waals surface area contributed by atoms with Crippen LogP contribution in [0.25, 0.3) is 0 Å². The second-order valence-electron chi connectivity index (χ2n) is 20.8. The van der Waals surface area contributed by atoms with Crippen LogP contribution in [0.2, 0.25) is 54.4 Å². The summed E-state index contributed by atoms with van der Waals surface area (Å²) in [6, 6.07) is 1.45. The predicted octanol–water partition coefficient (Wildman–Crippen LogP) is 11.1. The predicted molar refractivity (Wildman–Crippen MR) is 246 cm³/mol. The van der Waals surface area contributed by atoms with Crippen LogP contribution in [0, 0.1) is 0 Å². The van der Waals surface area contributed by atoms with Crippen LogP contribution in [-0.4, -0.2) is 121 Å². The van der Waals surface area contributed by atoms with Crippen molar-refractivity contribution in [3.05, 3.63) is 0 Å². The maximum atomic E-state index is 13.5. The quantitative estimate of drug-likeness (QED) is 0.0545. The molecular formula is C40H90N3O6PSSi3. The lowest BCUT2D eigenvalue weighted by atomic mass is 10.0. The number of nitrogens with zero attached hydrogens (tertiary/aromatic N) is 2. The van der Waals surface area contributed by atoms with E-state index in [0.29, 0.717) is 69.6 Å². The summed E-state index contributed by atoms with van der Waals surface area (Å²) in [5.41, 5.74) is -0.678. The SMILES string of the molecule is CC(C)N(C(C)C)P(OCCOCCSC(=O)CNC(CO[Si](C)(C)C(C)(C)C)(CO[Si](C)(C)C(C)(C)C)CO[Si](C)(C)C(C)(C)C)N(C(C)C)C(C)C. The summed E-state index contributed by atoms with van der Waals surface area (Å²) in [6.45, 7) is 54.9. The van der Waals surface area contributed by atoms with Crippen LogP contribution in [0.5, 0.6) is 0 Å². The number of carbonyl (C=O) groups is 1. The minimum Gasteiger partial charge on any atom is -0.415 e. The molecule has 0 aromatic rings. The van der Waals surface area contributed by atoms with Gasteiger partial charge < -0.3 is 22.5 Å². The molecule has 9 nitrogen and oxygen atoms in total. The number of rotatable bonds is 25. The van der Waals surface area contributed by atoms with Crippen molar-refractivity contribution in [2.24, 2.45) is 0 Å². The number of ether oxygens (including phenoxy) is 1. The van der Waals surface area contributed by atoms with Gasteiger partial charge in [0.05, 0.1) is 51.7 Å². The van der Waals surface area contributed by atoms with Gasteiger partial charge in [-0.1, -0.05) is 74.1 Å². The molecule has 324 valence electrons. The molecule has 0 rings (SSSR count). The van der Waals surface area contributed by atoms with E-state index in [2.05, 4.69) is 172 Å². The van der Waals surface area contributed by atoms with Gasteiger partial charge >= 0.3 is 0 Å². The minimum absolute atomic E-state index is 0.0441. The van der Waals surface area contributed by atoms with E-state index in [0.717, 1.165) is 0 Å². The second-order valence-corrected chi connectivity index (χ2v) is 38.1. The van der Waals surface area contributed by atoms with Gasteiger partial charge in [0.25, 0.3) is 0 Å². The van der Waals surface area contributed by atoms with E-state index in [9.17, 15) is 4.79 Å². The maximum Gasteiger partial charge on any atom is 0.202 e. The molecule has 1 N–H and O–H groups in total. The molecule has 14 heteroatoms. The molecule has 0 fully saturated rings. The zero-order chi connectivity index (χ0) is 42.7. The lowest BCUT2D eigenvalue weighted by Gasteiger charge is -2.46. The Bertz CT molecular complexity index is 982. The van der Waals surface area contributed by atoms with Crippen molar-refractivity contribution in [3.8, 4) is 0 Å². The zero-order valence-electron chi connectivity index (χ0n) is 39.7. The van der Waals surface area contributed by atoms with Crippen molar-refractivity contribution in [2.75, 3.05) is 51.9 Å². The van der Waals surface area contributed by atoms with Crippen LogP contribution in [0.15, 0.2) is 0 Å². The second kappa shape index (κ2) is 22.4. The lowest BCUT2D eigenvalue weighted by molar-refractivity contribution is -0.110. The van der Waals surface area contributed by atoms with E-state index in [-0.39, 0.29) is 26.8 Å². The molecule has 0 aromatic heterocycles. The van der Waals surface area contributed by atoms with Crippen molar-refractivity contribution >= 4 is 50.3 Å². The maximum absolute atomic E-state index is 13.5. The summed E-state index contributed by atoms with van der Waals surface area (Å²) in [5, 5.41) is 3.89. The summed E-state index contributed by atoms with van der Waals surface area (Å²) in [6.07, 6.45) is 0. The van der Waals surface area contributed by atoms with Crippen LogP contribution >= 0.6 is 20.2 Å². The Morgan fingerprint density at radius 2 is 0.926 bits per heavy atom. The minimum atomic E-state index is -2.12. The van der Waals surface area contributed by atoms with Crippen molar-refractivity contribution in [2.45, 2.75) is 202 Å². The molecule has 0 bridgehead atoms. The van der Waals surface area contributed by atoms with Gasteiger partial charge in [-0.15, -0.1) is 0 Å². The van der Waals surface area contributed by atoms with E-state index < -0.39 is 38.9 Å². The first-order chi connectivity index (χ1) is 24.1. The molecule has 0 saturated carbocycles. The molecule has 0 aliphatic carbocycles. The number of hydrogen-bond acceptors (Lipinski definition) is 10. The Morgan fingerprint density at radius 3 is 1.22 bits per heavy atom. The van der Waals surface area contributed by atoms with E-state index >= 15 is 0 Å². The van der Waals surface area contributed by atoms with Gasteiger partial charge in [0.1, 0.15) is 0 Å². The fraction of sp³-hybridized carbons (Fsp3) is 0.975. The summed E-state index contributed by atoms with van der Waals surface area (Å²) >= 11 is 1.31. The van der Waals surface area contributed by atoms with Crippen LogP contribution in [-0.2, 0) is 27.3 Å². The molecule has 0 amide bonds. The molecule has 0 heterocycles. The first-order valence-corrected chi connectivity index (χ1v) is 31.4. The highest BCUT2D eigenvalue weighted by Gasteiger charge is 2.46. The topological polar surface area (TPSA) is 81.7 Å². The number of thioether (sulfide) groups is 1. The summed E-state index contributed by atoms with van der Waals surface area (Å²) < 4.78 is 38.4. The molecule has 0 atom stereocenters. The van der Waals surface area contributed by atoms with Crippen molar-refractivity contribution < 1.29 is 27.3 Å². The fourth-order valence-corrected chi connectivity index (χ4v) is 11.1. The van der Waals surface area contributed by atoms with Crippen molar-refractivity contribution in [1.29, 1.82) is 0 Å². The largest absolute Gasteiger partial charge is 0.415 e. The van der Waals surface area contributed by atoms with Crippen molar-refractivity contribution in [1.82, 2.24) is 14.7 Å². The van der Waals surface area contributed by atoms with Gasteiger partial charge in [-0.05, 0) is 110 Å². The molecule has 54 heavy (non-hydrogen) atoms. The lowest BCUT2D eigenvalue weighted by Crippen LogP contribution is -2.62. The number of carbonyl (C=O) groups excluding carboxylic acids is 1. The van der Waals surface area contributed by atoms with E-state index in [4.69, 9.17) is 22.5 Å². The molecule has 0 saturated heterocycles. The molecular weight excluding hydrogens is 766 g/mol. The summed E-state index contributed by atoms with van der Waals surface area (Å²) in [5.74, 6) is 0.581. The summed E-state index contributed by atoms with van der Waals surface area (Å²) in [7, 11) is -7.32. The molecule has 0 aliphatic rings. The fourth-order valence-electron chi connectivity index (χ4n) is 4.92. The third kappa shape index (κ3) is 18.0. The monoisotopic (exact) mass is 856 g/mol. The van der Waals surface area contributed by atoms with Gasteiger partial charge in [-0.25, -0.2) is 9.34 Å². The average Bonchev–Trinajstić information content (AvgIpc) is 2.97. The molecule has 0 aliphatic heterocycles. The van der Waals surface area contributed by atoms with Gasteiger partial charge in [0, 0.05) is 29.9 Å². The zero-order valence-corrected chi connectivity index (χ0v) is 44.4. The first kappa shape index (κ1) is 54.8.